The van der Waals surface area contributed by atoms with Crippen LogP contribution in [0, 0.1) is 0 Å². The third-order valence-electron chi connectivity index (χ3n) is 3.60. The molecule has 0 saturated carbocycles. The second kappa shape index (κ2) is 5.66. The molecule has 0 unspecified atom stereocenters. The Morgan fingerprint density at radius 3 is 2.57 bits per heavy atom. The Morgan fingerprint density at radius 1 is 1.26 bits per heavy atom. The smallest absolute Gasteiger partial charge is 0.328 e. The number of carboxylic acids is 1. The van der Waals surface area contributed by atoms with E-state index in [1.54, 1.807) is 17.4 Å². The molecule has 0 radical (unpaired) electrons. The molecule has 5 heteroatoms. The Bertz CT molecular complexity index is 883. The van der Waals surface area contributed by atoms with Gasteiger partial charge in [-0.05, 0) is 6.08 Å². The van der Waals surface area contributed by atoms with Gasteiger partial charge in [0.25, 0.3) is 0 Å². The van der Waals surface area contributed by atoms with Crippen LogP contribution in [0.4, 0.5) is 0 Å². The highest BCUT2D eigenvalue weighted by Gasteiger charge is 2.23. The minimum Gasteiger partial charge on any atom is -0.478 e. The summed E-state index contributed by atoms with van der Waals surface area (Å²) in [5.41, 5.74) is 3.66. The van der Waals surface area contributed by atoms with Crippen LogP contribution in [0.3, 0.4) is 0 Å². The van der Waals surface area contributed by atoms with Gasteiger partial charge >= 0.3 is 5.97 Å². The number of hydrogen-bond donors (Lipinski definition) is 1. The summed E-state index contributed by atoms with van der Waals surface area (Å²) in [5, 5.41) is 11.1. The largest absolute Gasteiger partial charge is 0.478 e. The summed E-state index contributed by atoms with van der Waals surface area (Å²) >= 11 is 1.58. The van der Waals surface area contributed by atoms with Crippen molar-refractivity contribution in [3.63, 3.8) is 0 Å². The van der Waals surface area contributed by atoms with Crippen molar-refractivity contribution in [2.24, 2.45) is 0 Å². The molecule has 23 heavy (non-hydrogen) atoms. The van der Waals surface area contributed by atoms with E-state index in [1.165, 1.54) is 6.08 Å². The first-order valence-corrected chi connectivity index (χ1v) is 8.23. The van der Waals surface area contributed by atoms with E-state index in [1.807, 2.05) is 30.3 Å². The van der Waals surface area contributed by atoms with Crippen molar-refractivity contribution in [2.45, 2.75) is 26.2 Å². The van der Waals surface area contributed by atoms with Crippen molar-refractivity contribution in [3.8, 4) is 11.3 Å². The molecule has 3 aromatic rings. The predicted octanol–water partition coefficient (Wildman–Crippen LogP) is 4.46. The fourth-order valence-electron chi connectivity index (χ4n) is 2.51. The quantitative estimate of drug-likeness (QED) is 0.723. The number of carbonyl (C=O) groups is 1. The van der Waals surface area contributed by atoms with Gasteiger partial charge in [-0.2, -0.15) is 0 Å². The Balaban J connectivity index is 2.31. The number of nitrogens with zero attached hydrogens (tertiary/aromatic N) is 2. The number of thiazole rings is 1. The summed E-state index contributed by atoms with van der Waals surface area (Å²) in [6.07, 6.45) is 2.80. The van der Waals surface area contributed by atoms with Crippen LogP contribution in [0.25, 0.3) is 22.3 Å². The van der Waals surface area contributed by atoms with E-state index in [2.05, 4.69) is 30.6 Å². The highest BCUT2D eigenvalue weighted by Crippen LogP contribution is 2.34. The molecule has 0 saturated heterocycles. The van der Waals surface area contributed by atoms with Crippen molar-refractivity contribution < 1.29 is 9.90 Å². The van der Waals surface area contributed by atoms with Crippen LogP contribution in [0.2, 0.25) is 0 Å². The monoisotopic (exact) mass is 326 g/mol. The second-order valence-electron chi connectivity index (χ2n) is 6.37. The van der Waals surface area contributed by atoms with Crippen LogP contribution >= 0.6 is 11.3 Å². The van der Waals surface area contributed by atoms with Crippen LogP contribution in [0.15, 0.2) is 41.8 Å². The number of imidazole rings is 1. The number of rotatable bonds is 3. The standard InChI is InChI=1S/C18H18N2O2S/c1-18(2,3)14-11-23-17-19-16(12-7-5-4-6-8-12)13(20(14)17)9-10-15(21)22/h4-11H,1-3H3,(H,21,22)/b10-9+. The zero-order chi connectivity index (χ0) is 16.6. The first-order valence-electron chi connectivity index (χ1n) is 7.35. The van der Waals surface area contributed by atoms with Gasteiger partial charge in [-0.3, -0.25) is 4.40 Å². The van der Waals surface area contributed by atoms with Crippen LogP contribution < -0.4 is 0 Å². The number of hydrogen-bond acceptors (Lipinski definition) is 3. The molecule has 2 heterocycles. The van der Waals surface area contributed by atoms with E-state index in [0.717, 1.165) is 27.6 Å². The summed E-state index contributed by atoms with van der Waals surface area (Å²) < 4.78 is 2.06. The lowest BCUT2D eigenvalue weighted by Gasteiger charge is -2.18. The van der Waals surface area contributed by atoms with Gasteiger partial charge in [0.2, 0.25) is 0 Å². The molecule has 0 bridgehead atoms. The van der Waals surface area contributed by atoms with Gasteiger partial charge in [-0.1, -0.05) is 51.1 Å². The third-order valence-corrected chi connectivity index (χ3v) is 4.42. The molecule has 2 aromatic heterocycles. The molecule has 1 aromatic carbocycles. The lowest BCUT2D eigenvalue weighted by atomic mass is 9.93. The Labute approximate surface area is 138 Å². The summed E-state index contributed by atoms with van der Waals surface area (Å²) in [6, 6.07) is 9.84. The van der Waals surface area contributed by atoms with Crippen LogP contribution in [0.5, 0.6) is 0 Å². The van der Waals surface area contributed by atoms with Gasteiger partial charge in [0, 0.05) is 28.1 Å². The molecule has 0 aliphatic rings. The van der Waals surface area contributed by atoms with Crippen molar-refractivity contribution in [3.05, 3.63) is 53.2 Å². The van der Waals surface area contributed by atoms with Gasteiger partial charge < -0.3 is 5.11 Å². The average molecular weight is 326 g/mol. The predicted molar refractivity (Wildman–Crippen MR) is 93.9 cm³/mol. The normalized spacial score (nSPS) is 12.3. The Kier molecular flexibility index (Phi) is 3.82. The lowest BCUT2D eigenvalue weighted by molar-refractivity contribution is -0.131. The zero-order valence-corrected chi connectivity index (χ0v) is 14.1. The highest BCUT2D eigenvalue weighted by molar-refractivity contribution is 7.15. The summed E-state index contributed by atoms with van der Waals surface area (Å²) in [7, 11) is 0. The molecular formula is C18H18N2O2S. The van der Waals surface area contributed by atoms with Crippen LogP contribution in [-0.2, 0) is 10.2 Å². The highest BCUT2D eigenvalue weighted by atomic mass is 32.1. The fourth-order valence-corrected chi connectivity index (χ4v) is 3.63. The van der Waals surface area contributed by atoms with E-state index in [9.17, 15) is 4.79 Å². The molecule has 4 nitrogen and oxygen atoms in total. The molecule has 0 amide bonds. The first-order chi connectivity index (χ1) is 10.9. The van der Waals surface area contributed by atoms with Crippen LogP contribution in [-0.4, -0.2) is 20.5 Å². The molecule has 0 aliphatic carbocycles. The van der Waals surface area contributed by atoms with Gasteiger partial charge in [0.1, 0.15) is 0 Å². The zero-order valence-electron chi connectivity index (χ0n) is 13.3. The van der Waals surface area contributed by atoms with E-state index in [-0.39, 0.29) is 5.41 Å². The molecule has 118 valence electrons. The van der Waals surface area contributed by atoms with Crippen molar-refractivity contribution in [2.75, 3.05) is 0 Å². The Hall–Kier alpha value is -2.40. The molecular weight excluding hydrogens is 308 g/mol. The maximum atomic E-state index is 11.0. The maximum absolute atomic E-state index is 11.0. The number of aliphatic carboxylic acids is 1. The molecule has 3 rings (SSSR count). The van der Waals surface area contributed by atoms with Crippen molar-refractivity contribution in [1.82, 2.24) is 9.38 Å². The lowest BCUT2D eigenvalue weighted by Crippen LogP contribution is -2.14. The average Bonchev–Trinajstić information content (AvgIpc) is 3.04. The van der Waals surface area contributed by atoms with E-state index in [4.69, 9.17) is 10.1 Å². The minimum atomic E-state index is -0.966. The van der Waals surface area contributed by atoms with Gasteiger partial charge in [0.15, 0.2) is 4.96 Å². The van der Waals surface area contributed by atoms with Gasteiger partial charge in [0.05, 0.1) is 11.4 Å². The molecule has 1 N–H and O–H groups in total. The van der Waals surface area contributed by atoms with Gasteiger partial charge in [-0.15, -0.1) is 11.3 Å². The second-order valence-corrected chi connectivity index (χ2v) is 7.21. The van der Waals surface area contributed by atoms with E-state index in [0.29, 0.717) is 0 Å². The van der Waals surface area contributed by atoms with Crippen molar-refractivity contribution >= 4 is 28.3 Å². The molecule has 0 aliphatic heterocycles. The summed E-state index contributed by atoms with van der Waals surface area (Å²) in [4.78, 5) is 16.6. The van der Waals surface area contributed by atoms with Gasteiger partial charge in [-0.25, -0.2) is 9.78 Å². The fraction of sp³-hybridized carbons (Fsp3) is 0.222. The van der Waals surface area contributed by atoms with Crippen LogP contribution in [0.1, 0.15) is 32.2 Å². The SMILES string of the molecule is CC(C)(C)c1csc2nc(-c3ccccc3)c(/C=C/C(=O)O)n12. The molecule has 0 fully saturated rings. The van der Waals surface area contributed by atoms with E-state index < -0.39 is 5.97 Å². The van der Waals surface area contributed by atoms with E-state index >= 15 is 0 Å². The summed E-state index contributed by atoms with van der Waals surface area (Å²) in [6.45, 7) is 6.42. The number of fused-ring (bicyclic) bond motifs is 1. The van der Waals surface area contributed by atoms with Crippen molar-refractivity contribution in [1.29, 1.82) is 0 Å². The minimum absolute atomic E-state index is 0.0568. The molecule has 0 atom stereocenters. The molecule has 0 spiro atoms. The topological polar surface area (TPSA) is 54.6 Å². The number of benzene rings is 1. The number of aromatic nitrogens is 2. The Morgan fingerprint density at radius 2 is 1.96 bits per heavy atom. The summed E-state index contributed by atoms with van der Waals surface area (Å²) in [5.74, 6) is -0.966. The number of carboxylic acid groups (broad SMARTS) is 1. The maximum Gasteiger partial charge on any atom is 0.328 e. The third kappa shape index (κ3) is 2.92. The first kappa shape index (κ1) is 15.5.